The molecule has 12 heteroatoms. The Hall–Kier alpha value is -2.79. The van der Waals surface area contributed by atoms with Gasteiger partial charge in [-0.15, -0.1) is 0 Å². The van der Waals surface area contributed by atoms with E-state index in [0.29, 0.717) is 21.0 Å². The number of hydrogen-bond acceptors (Lipinski definition) is 4. The third-order valence-corrected chi connectivity index (χ3v) is 8.14. The molecule has 1 aliphatic carbocycles. The maximum Gasteiger partial charge on any atom is 0.416 e. The van der Waals surface area contributed by atoms with E-state index in [1.165, 1.54) is 11.0 Å². The number of halogens is 4. The lowest BCUT2D eigenvalue weighted by molar-refractivity contribution is -0.140. The highest BCUT2D eigenvalue weighted by Gasteiger charge is 2.34. The van der Waals surface area contributed by atoms with Crippen LogP contribution in [0, 0.1) is 0 Å². The van der Waals surface area contributed by atoms with E-state index in [4.69, 9.17) is 11.6 Å². The van der Waals surface area contributed by atoms with Gasteiger partial charge in [0.15, 0.2) is 0 Å². The third-order valence-electron chi connectivity index (χ3n) is 6.74. The molecular weight excluding hydrogens is 555 g/mol. The average Bonchev–Trinajstić information content (AvgIpc) is 2.87. The number of carbonyl (C=O) groups excluding carboxylic acids is 2. The molecule has 1 aliphatic rings. The maximum atomic E-state index is 13.7. The van der Waals surface area contributed by atoms with E-state index in [9.17, 15) is 31.2 Å². The summed E-state index contributed by atoms with van der Waals surface area (Å²) in [5.41, 5.74) is -0.689. The molecule has 2 aromatic carbocycles. The van der Waals surface area contributed by atoms with Crippen LogP contribution in [0.15, 0.2) is 48.5 Å². The summed E-state index contributed by atoms with van der Waals surface area (Å²) < 4.78 is 65.9. The Morgan fingerprint density at radius 1 is 1.08 bits per heavy atom. The molecule has 0 bridgehead atoms. The largest absolute Gasteiger partial charge is 0.416 e. The average molecular weight is 588 g/mol. The maximum absolute atomic E-state index is 13.7. The number of amides is 2. The summed E-state index contributed by atoms with van der Waals surface area (Å²) in [6, 6.07) is 9.50. The van der Waals surface area contributed by atoms with Crippen LogP contribution in [0.1, 0.15) is 56.6 Å². The van der Waals surface area contributed by atoms with Gasteiger partial charge in [-0.2, -0.15) is 13.2 Å². The monoisotopic (exact) mass is 587 g/mol. The van der Waals surface area contributed by atoms with Gasteiger partial charge in [0.2, 0.25) is 21.8 Å². The Morgan fingerprint density at radius 3 is 2.28 bits per heavy atom. The Balaban J connectivity index is 1.94. The van der Waals surface area contributed by atoms with Crippen LogP contribution in [-0.2, 0) is 32.3 Å². The number of nitrogens with one attached hydrogen (secondary N) is 1. The van der Waals surface area contributed by atoms with Crippen LogP contribution in [0.5, 0.6) is 0 Å². The molecule has 0 heterocycles. The highest BCUT2D eigenvalue weighted by molar-refractivity contribution is 7.92. The fraction of sp³-hybridized carbons (Fsp3) is 0.481. The van der Waals surface area contributed by atoms with Crippen LogP contribution in [-0.4, -0.2) is 50.0 Å². The first kappa shape index (κ1) is 30.7. The van der Waals surface area contributed by atoms with Gasteiger partial charge in [0.05, 0.1) is 17.5 Å². The van der Waals surface area contributed by atoms with Gasteiger partial charge in [-0.05, 0) is 55.2 Å². The molecule has 0 radical (unpaired) electrons. The van der Waals surface area contributed by atoms with Crippen LogP contribution < -0.4 is 9.62 Å². The standard InChI is InChI=1S/C27H33ClF3N3O4S/c1-3-24(26(36)32-22-9-5-4-6-10-22)33(17-19-12-14-21(28)15-13-19)25(35)18-34(39(2,37)38)23-11-7-8-20(16-23)27(29,30)31/h7-8,11-16,22,24H,3-6,9-10,17-18H2,1-2H3,(H,32,36). The van der Waals surface area contributed by atoms with Gasteiger partial charge < -0.3 is 10.2 Å². The highest BCUT2D eigenvalue weighted by Crippen LogP contribution is 2.32. The highest BCUT2D eigenvalue weighted by atomic mass is 35.5. The van der Waals surface area contributed by atoms with E-state index in [0.717, 1.165) is 50.5 Å². The third kappa shape index (κ3) is 8.60. The summed E-state index contributed by atoms with van der Waals surface area (Å²) in [5.74, 6) is -1.07. The van der Waals surface area contributed by atoms with Crippen molar-refractivity contribution in [3.05, 3.63) is 64.7 Å². The zero-order valence-corrected chi connectivity index (χ0v) is 23.5. The van der Waals surface area contributed by atoms with Crippen molar-refractivity contribution in [1.82, 2.24) is 10.2 Å². The number of hydrogen-bond donors (Lipinski definition) is 1. The fourth-order valence-electron chi connectivity index (χ4n) is 4.70. The Bertz CT molecular complexity index is 1250. The molecule has 3 rings (SSSR count). The molecule has 214 valence electrons. The van der Waals surface area contributed by atoms with Crippen molar-refractivity contribution in [3.8, 4) is 0 Å². The molecule has 0 saturated heterocycles. The molecule has 1 saturated carbocycles. The van der Waals surface area contributed by atoms with E-state index >= 15 is 0 Å². The topological polar surface area (TPSA) is 86.8 Å². The molecule has 7 nitrogen and oxygen atoms in total. The molecule has 1 unspecified atom stereocenters. The Morgan fingerprint density at radius 2 is 1.72 bits per heavy atom. The van der Waals surface area contributed by atoms with Crippen LogP contribution >= 0.6 is 11.6 Å². The Kier molecular flexibility index (Phi) is 10.3. The molecule has 0 aliphatic heterocycles. The minimum Gasteiger partial charge on any atom is -0.352 e. The van der Waals surface area contributed by atoms with E-state index < -0.39 is 40.3 Å². The number of sulfonamides is 1. The van der Waals surface area contributed by atoms with Crippen molar-refractivity contribution < 1.29 is 31.2 Å². The summed E-state index contributed by atoms with van der Waals surface area (Å²) in [5, 5.41) is 3.51. The second-order valence-electron chi connectivity index (χ2n) is 9.73. The van der Waals surface area contributed by atoms with Crippen LogP contribution in [0.25, 0.3) is 0 Å². The zero-order valence-electron chi connectivity index (χ0n) is 21.9. The smallest absolute Gasteiger partial charge is 0.352 e. The summed E-state index contributed by atoms with van der Waals surface area (Å²) >= 11 is 5.99. The van der Waals surface area contributed by atoms with Crippen LogP contribution in [0.3, 0.4) is 0 Å². The predicted octanol–water partition coefficient (Wildman–Crippen LogP) is 5.38. The molecule has 2 amide bonds. The van der Waals surface area contributed by atoms with Gasteiger partial charge in [-0.3, -0.25) is 13.9 Å². The molecule has 0 spiro atoms. The van der Waals surface area contributed by atoms with E-state index in [1.807, 2.05) is 0 Å². The normalized spacial score (nSPS) is 15.4. The number of nitrogens with zero attached hydrogens (tertiary/aromatic N) is 2. The fourth-order valence-corrected chi connectivity index (χ4v) is 5.67. The van der Waals surface area contributed by atoms with E-state index in [-0.39, 0.29) is 30.6 Å². The first-order valence-electron chi connectivity index (χ1n) is 12.8. The van der Waals surface area contributed by atoms with Crippen molar-refractivity contribution in [2.75, 3.05) is 17.1 Å². The number of carbonyl (C=O) groups is 2. The van der Waals surface area contributed by atoms with Crippen molar-refractivity contribution in [1.29, 1.82) is 0 Å². The lowest BCUT2D eigenvalue weighted by Crippen LogP contribution is -2.53. The summed E-state index contributed by atoms with van der Waals surface area (Å²) in [6.45, 7) is 0.947. The quantitative estimate of drug-likeness (QED) is 0.404. The lowest BCUT2D eigenvalue weighted by Gasteiger charge is -2.34. The minimum absolute atomic E-state index is 0.00888. The molecule has 1 N–H and O–H groups in total. The lowest BCUT2D eigenvalue weighted by atomic mass is 9.95. The van der Waals surface area contributed by atoms with Gasteiger partial charge in [0.25, 0.3) is 0 Å². The van der Waals surface area contributed by atoms with Crippen molar-refractivity contribution in [2.24, 2.45) is 0 Å². The van der Waals surface area contributed by atoms with Gasteiger partial charge in [0.1, 0.15) is 12.6 Å². The van der Waals surface area contributed by atoms with Crippen molar-refractivity contribution >= 4 is 39.1 Å². The molecule has 39 heavy (non-hydrogen) atoms. The predicted molar refractivity (Wildman–Crippen MR) is 145 cm³/mol. The molecule has 1 fully saturated rings. The van der Waals surface area contributed by atoms with E-state index in [1.54, 1.807) is 31.2 Å². The van der Waals surface area contributed by atoms with Crippen molar-refractivity contribution in [3.63, 3.8) is 0 Å². The molecule has 2 aromatic rings. The number of rotatable bonds is 10. The van der Waals surface area contributed by atoms with Crippen LogP contribution in [0.4, 0.5) is 18.9 Å². The van der Waals surface area contributed by atoms with E-state index in [2.05, 4.69) is 5.32 Å². The number of benzene rings is 2. The van der Waals surface area contributed by atoms with Gasteiger partial charge in [-0.25, -0.2) is 8.42 Å². The first-order chi connectivity index (χ1) is 18.3. The summed E-state index contributed by atoms with van der Waals surface area (Å²) in [6.07, 6.45) is 1.13. The minimum atomic E-state index is -4.70. The summed E-state index contributed by atoms with van der Waals surface area (Å²) in [4.78, 5) is 28.4. The number of alkyl halides is 3. The second kappa shape index (κ2) is 13.0. The zero-order chi connectivity index (χ0) is 28.8. The van der Waals surface area contributed by atoms with Gasteiger partial charge in [-0.1, -0.05) is 56.0 Å². The molecular formula is C27H33ClF3N3O4S. The SMILES string of the molecule is CCC(C(=O)NC1CCCCC1)N(Cc1ccc(Cl)cc1)C(=O)CN(c1cccc(C(F)(F)F)c1)S(C)(=O)=O. The van der Waals surface area contributed by atoms with Gasteiger partial charge >= 0.3 is 6.18 Å². The summed E-state index contributed by atoms with van der Waals surface area (Å²) in [7, 11) is -4.16. The van der Waals surface area contributed by atoms with Crippen LogP contribution in [0.2, 0.25) is 5.02 Å². The number of anilines is 1. The molecule has 0 aromatic heterocycles. The first-order valence-corrected chi connectivity index (χ1v) is 15.0. The van der Waals surface area contributed by atoms with Gasteiger partial charge in [0, 0.05) is 17.6 Å². The molecule has 1 atom stereocenters. The second-order valence-corrected chi connectivity index (χ2v) is 12.1. The van der Waals surface area contributed by atoms with Crippen molar-refractivity contribution in [2.45, 2.75) is 70.3 Å². The Labute approximate surface area is 232 Å².